The van der Waals surface area contributed by atoms with E-state index in [2.05, 4.69) is 4.72 Å². The van der Waals surface area contributed by atoms with Gasteiger partial charge in [-0.05, 0) is 31.0 Å². The summed E-state index contributed by atoms with van der Waals surface area (Å²) in [5.74, 6) is -0.596. The molecule has 1 aromatic carbocycles. The van der Waals surface area contributed by atoms with E-state index < -0.39 is 15.8 Å². The molecule has 0 fully saturated rings. The molecular formula is C11H15ClFNO3S. The van der Waals surface area contributed by atoms with Gasteiger partial charge in [-0.15, -0.1) is 0 Å². The highest BCUT2D eigenvalue weighted by atomic mass is 35.5. The second-order valence-corrected chi connectivity index (χ2v) is 5.90. The number of benzene rings is 1. The Hall–Kier alpha value is -0.690. The van der Waals surface area contributed by atoms with Gasteiger partial charge in [0.05, 0.1) is 5.02 Å². The van der Waals surface area contributed by atoms with Crippen LogP contribution in [-0.4, -0.2) is 26.2 Å². The first-order chi connectivity index (χ1) is 8.40. The van der Waals surface area contributed by atoms with Gasteiger partial charge in [0.25, 0.3) is 0 Å². The summed E-state index contributed by atoms with van der Waals surface area (Å²) in [6.45, 7) is 1.69. The lowest BCUT2D eigenvalue weighted by atomic mass is 10.2. The van der Waals surface area contributed by atoms with Crippen LogP contribution in [0.5, 0.6) is 0 Å². The molecule has 1 unspecified atom stereocenters. The Balaban J connectivity index is 2.99. The van der Waals surface area contributed by atoms with Gasteiger partial charge in [-0.2, -0.15) is 0 Å². The molecular weight excluding hydrogens is 281 g/mol. The lowest BCUT2D eigenvalue weighted by Crippen LogP contribution is -2.35. The van der Waals surface area contributed by atoms with Crippen molar-refractivity contribution in [2.45, 2.75) is 30.7 Å². The van der Waals surface area contributed by atoms with Gasteiger partial charge in [-0.3, -0.25) is 0 Å². The summed E-state index contributed by atoms with van der Waals surface area (Å²) < 4.78 is 39.3. The van der Waals surface area contributed by atoms with E-state index in [1.54, 1.807) is 6.92 Å². The third-order valence-electron chi connectivity index (χ3n) is 2.48. The lowest BCUT2D eigenvalue weighted by Gasteiger charge is -2.16. The van der Waals surface area contributed by atoms with E-state index in [-0.39, 0.29) is 22.6 Å². The van der Waals surface area contributed by atoms with Gasteiger partial charge in [0.1, 0.15) is 10.7 Å². The molecule has 0 heterocycles. The van der Waals surface area contributed by atoms with Crippen LogP contribution in [0.3, 0.4) is 0 Å². The highest BCUT2D eigenvalue weighted by Crippen LogP contribution is 2.22. The highest BCUT2D eigenvalue weighted by molar-refractivity contribution is 7.89. The molecule has 2 N–H and O–H groups in total. The van der Waals surface area contributed by atoms with E-state index in [1.807, 2.05) is 0 Å². The molecule has 0 saturated heterocycles. The topological polar surface area (TPSA) is 66.4 Å². The smallest absolute Gasteiger partial charge is 0.242 e. The molecule has 0 bridgehead atoms. The Kier molecular flexibility index (Phi) is 5.52. The van der Waals surface area contributed by atoms with Crippen molar-refractivity contribution in [3.8, 4) is 0 Å². The molecule has 0 amide bonds. The molecule has 0 aliphatic carbocycles. The van der Waals surface area contributed by atoms with Crippen molar-refractivity contribution in [1.82, 2.24) is 4.72 Å². The van der Waals surface area contributed by atoms with Crippen molar-refractivity contribution < 1.29 is 17.9 Å². The first kappa shape index (κ1) is 15.4. The molecule has 1 aromatic rings. The fourth-order valence-electron chi connectivity index (χ4n) is 1.48. The van der Waals surface area contributed by atoms with Crippen molar-refractivity contribution in [3.63, 3.8) is 0 Å². The summed E-state index contributed by atoms with van der Waals surface area (Å²) in [4.78, 5) is -0.165. The second kappa shape index (κ2) is 6.47. The quantitative estimate of drug-likeness (QED) is 0.842. The standard InChI is InChI=1S/C11H15ClFNO3S/c1-2-9(5-6-15)14-18(16,17)11-4-3-8(13)7-10(11)12/h3-4,7,9,14-15H,2,5-6H2,1H3. The zero-order valence-electron chi connectivity index (χ0n) is 9.86. The summed E-state index contributed by atoms with van der Waals surface area (Å²) in [5.41, 5.74) is 0. The van der Waals surface area contributed by atoms with E-state index >= 15 is 0 Å². The number of sulfonamides is 1. The summed E-state index contributed by atoms with van der Waals surface area (Å²) in [5, 5.41) is 8.65. The third kappa shape index (κ3) is 3.91. The van der Waals surface area contributed by atoms with Crippen LogP contribution in [-0.2, 0) is 10.0 Å². The predicted molar refractivity (Wildman–Crippen MR) is 67.5 cm³/mol. The Morgan fingerprint density at radius 1 is 1.50 bits per heavy atom. The van der Waals surface area contributed by atoms with Crippen LogP contribution in [0.1, 0.15) is 19.8 Å². The molecule has 0 aliphatic heterocycles. The summed E-state index contributed by atoms with van der Waals surface area (Å²) in [6.07, 6.45) is 0.854. The highest BCUT2D eigenvalue weighted by Gasteiger charge is 2.21. The molecule has 18 heavy (non-hydrogen) atoms. The van der Waals surface area contributed by atoms with Gasteiger partial charge in [-0.1, -0.05) is 18.5 Å². The van der Waals surface area contributed by atoms with Crippen LogP contribution in [0.2, 0.25) is 5.02 Å². The van der Waals surface area contributed by atoms with Crippen molar-refractivity contribution >= 4 is 21.6 Å². The average molecular weight is 296 g/mol. The molecule has 0 aromatic heterocycles. The van der Waals surface area contributed by atoms with Crippen molar-refractivity contribution in [2.24, 2.45) is 0 Å². The molecule has 0 radical (unpaired) electrons. The molecule has 1 rings (SSSR count). The monoisotopic (exact) mass is 295 g/mol. The lowest BCUT2D eigenvalue weighted by molar-refractivity contribution is 0.270. The molecule has 7 heteroatoms. The molecule has 0 spiro atoms. The first-order valence-corrected chi connectivity index (χ1v) is 7.35. The molecule has 1 atom stereocenters. The van der Waals surface area contributed by atoms with Crippen LogP contribution in [0, 0.1) is 5.82 Å². The minimum atomic E-state index is -3.80. The van der Waals surface area contributed by atoms with Crippen molar-refractivity contribution in [2.75, 3.05) is 6.61 Å². The van der Waals surface area contributed by atoms with Crippen LogP contribution in [0.15, 0.2) is 23.1 Å². The number of hydrogen-bond donors (Lipinski definition) is 2. The summed E-state index contributed by atoms with van der Waals surface area (Å²) in [6, 6.07) is 2.73. The maximum atomic E-state index is 12.9. The Bertz CT molecular complexity index is 507. The predicted octanol–water partition coefficient (Wildman–Crippen LogP) is 1.92. The van der Waals surface area contributed by atoms with E-state index in [1.165, 1.54) is 0 Å². The van der Waals surface area contributed by atoms with Crippen LogP contribution in [0.25, 0.3) is 0 Å². The Morgan fingerprint density at radius 3 is 2.67 bits per heavy atom. The normalized spacial score (nSPS) is 13.6. The average Bonchev–Trinajstić information content (AvgIpc) is 2.27. The van der Waals surface area contributed by atoms with E-state index in [9.17, 15) is 12.8 Å². The van der Waals surface area contributed by atoms with E-state index in [4.69, 9.17) is 16.7 Å². The molecule has 0 aliphatic rings. The molecule has 4 nitrogen and oxygen atoms in total. The number of aliphatic hydroxyl groups excluding tert-OH is 1. The van der Waals surface area contributed by atoms with Gasteiger partial charge in [0.15, 0.2) is 0 Å². The number of nitrogens with one attached hydrogen (secondary N) is 1. The van der Waals surface area contributed by atoms with Crippen molar-refractivity contribution in [1.29, 1.82) is 0 Å². The largest absolute Gasteiger partial charge is 0.396 e. The van der Waals surface area contributed by atoms with E-state index in [0.717, 1.165) is 18.2 Å². The second-order valence-electron chi connectivity index (χ2n) is 3.81. The first-order valence-electron chi connectivity index (χ1n) is 5.49. The Labute approximate surface area is 111 Å². The van der Waals surface area contributed by atoms with Crippen LogP contribution in [0.4, 0.5) is 4.39 Å². The fourth-order valence-corrected chi connectivity index (χ4v) is 3.36. The van der Waals surface area contributed by atoms with Crippen molar-refractivity contribution in [3.05, 3.63) is 29.0 Å². The number of hydrogen-bond acceptors (Lipinski definition) is 3. The minimum absolute atomic E-state index is 0.113. The number of aliphatic hydroxyl groups is 1. The maximum absolute atomic E-state index is 12.9. The van der Waals surface area contributed by atoms with Crippen LogP contribution < -0.4 is 4.72 Å². The summed E-state index contributed by atoms with van der Waals surface area (Å²) >= 11 is 5.71. The number of rotatable bonds is 6. The van der Waals surface area contributed by atoms with Gasteiger partial charge in [0, 0.05) is 12.6 Å². The maximum Gasteiger partial charge on any atom is 0.242 e. The van der Waals surface area contributed by atoms with Gasteiger partial charge in [0.2, 0.25) is 10.0 Å². The van der Waals surface area contributed by atoms with E-state index in [0.29, 0.717) is 12.8 Å². The Morgan fingerprint density at radius 2 is 2.17 bits per heavy atom. The number of halogens is 2. The van der Waals surface area contributed by atoms with Gasteiger partial charge < -0.3 is 5.11 Å². The van der Waals surface area contributed by atoms with Gasteiger partial charge >= 0.3 is 0 Å². The SMILES string of the molecule is CCC(CCO)NS(=O)(=O)c1ccc(F)cc1Cl. The minimum Gasteiger partial charge on any atom is -0.396 e. The molecule has 0 saturated carbocycles. The zero-order chi connectivity index (χ0) is 13.8. The fraction of sp³-hybridized carbons (Fsp3) is 0.455. The van der Waals surface area contributed by atoms with Gasteiger partial charge in [-0.25, -0.2) is 17.5 Å². The summed E-state index contributed by atoms with van der Waals surface area (Å²) in [7, 11) is -3.80. The third-order valence-corrected chi connectivity index (χ3v) is 4.48. The molecule has 102 valence electrons. The zero-order valence-corrected chi connectivity index (χ0v) is 11.4. The van der Waals surface area contributed by atoms with Crippen LogP contribution >= 0.6 is 11.6 Å².